The molecule has 0 fully saturated rings. The molecule has 0 aliphatic carbocycles. The number of nitrogens with zero attached hydrogens (tertiary/aromatic N) is 1. The molecule has 0 atom stereocenters. The molecule has 0 unspecified atom stereocenters. The minimum atomic E-state index is -1.01. The molecule has 5 nitrogen and oxygen atoms in total. The van der Waals surface area contributed by atoms with Gasteiger partial charge in [-0.2, -0.15) is 0 Å². The molecule has 150 valence electrons. The smallest absolute Gasteiger partial charge is 0.336 e. The topological polar surface area (TPSA) is 71.5 Å². The maximum absolute atomic E-state index is 12.0. The molecule has 0 bridgehead atoms. The highest BCUT2D eigenvalue weighted by Crippen LogP contribution is 2.35. The summed E-state index contributed by atoms with van der Waals surface area (Å²) in [5, 5.41) is 13.2. The molecule has 0 spiro atoms. The number of anilines is 1. The van der Waals surface area contributed by atoms with Crippen molar-refractivity contribution in [3.05, 3.63) is 82.7 Å². The normalized spacial score (nSPS) is 10.7. The molecule has 0 amide bonds. The molecule has 0 aliphatic heterocycles. The SMILES string of the molecule is CONc1ccccc1-c1ccc(-c2nc(-c3cccc(Cl)c3)cs2)cc1C(=O)O. The number of hydrogen-bond acceptors (Lipinski definition) is 5. The van der Waals surface area contributed by atoms with Gasteiger partial charge in [0.05, 0.1) is 24.1 Å². The lowest BCUT2D eigenvalue weighted by atomic mass is 9.96. The second-order valence-electron chi connectivity index (χ2n) is 6.47. The van der Waals surface area contributed by atoms with Gasteiger partial charge in [-0.15, -0.1) is 11.3 Å². The summed E-state index contributed by atoms with van der Waals surface area (Å²) in [6.07, 6.45) is 0. The first kappa shape index (κ1) is 20.1. The fourth-order valence-corrected chi connectivity index (χ4v) is 4.21. The number of aromatic carboxylic acids is 1. The van der Waals surface area contributed by atoms with E-state index in [9.17, 15) is 9.90 Å². The standard InChI is InChI=1S/C23H17ClN2O3S/c1-29-26-20-8-3-2-7-18(20)17-10-9-15(12-19(17)23(27)28)22-25-21(13-30-22)14-5-4-6-16(24)11-14/h2-13,26H,1H3,(H,27,28). The lowest BCUT2D eigenvalue weighted by molar-refractivity contribution is 0.0698. The lowest BCUT2D eigenvalue weighted by Crippen LogP contribution is -2.03. The summed E-state index contributed by atoms with van der Waals surface area (Å²) in [7, 11) is 1.51. The minimum absolute atomic E-state index is 0.192. The average Bonchev–Trinajstić information content (AvgIpc) is 3.24. The molecule has 3 aromatic carbocycles. The summed E-state index contributed by atoms with van der Waals surface area (Å²) >= 11 is 7.54. The van der Waals surface area contributed by atoms with Crippen LogP contribution in [-0.4, -0.2) is 23.2 Å². The Labute approximate surface area is 182 Å². The number of aromatic nitrogens is 1. The lowest BCUT2D eigenvalue weighted by Gasteiger charge is -2.13. The molecular formula is C23H17ClN2O3S. The molecule has 2 N–H and O–H groups in total. The maximum Gasteiger partial charge on any atom is 0.336 e. The number of hydrogen-bond donors (Lipinski definition) is 2. The molecule has 0 saturated carbocycles. The second kappa shape index (κ2) is 8.67. The third-order valence-corrected chi connectivity index (χ3v) is 5.68. The molecule has 1 aromatic heterocycles. The fourth-order valence-electron chi connectivity index (χ4n) is 3.19. The first-order valence-corrected chi connectivity index (χ1v) is 10.3. The molecule has 0 radical (unpaired) electrons. The molecule has 0 aliphatic rings. The van der Waals surface area contributed by atoms with Crippen LogP contribution in [0.4, 0.5) is 5.69 Å². The van der Waals surface area contributed by atoms with Gasteiger partial charge in [0.1, 0.15) is 5.01 Å². The molecular weight excluding hydrogens is 420 g/mol. The van der Waals surface area contributed by atoms with Crippen molar-refractivity contribution in [2.45, 2.75) is 0 Å². The van der Waals surface area contributed by atoms with Crippen molar-refractivity contribution in [3.8, 4) is 33.0 Å². The summed E-state index contributed by atoms with van der Waals surface area (Å²) in [5.74, 6) is -1.01. The summed E-state index contributed by atoms with van der Waals surface area (Å²) < 4.78 is 0. The van der Waals surface area contributed by atoms with Gasteiger partial charge < -0.3 is 5.11 Å². The zero-order valence-corrected chi connectivity index (χ0v) is 17.5. The van der Waals surface area contributed by atoms with Crippen molar-refractivity contribution >= 4 is 34.6 Å². The second-order valence-corrected chi connectivity index (χ2v) is 7.76. The van der Waals surface area contributed by atoms with Gasteiger partial charge in [-0.1, -0.05) is 54.1 Å². The van der Waals surface area contributed by atoms with Gasteiger partial charge in [0, 0.05) is 27.1 Å². The number of nitrogens with one attached hydrogen (secondary N) is 1. The number of rotatable bonds is 6. The van der Waals surface area contributed by atoms with E-state index in [4.69, 9.17) is 16.4 Å². The van der Waals surface area contributed by atoms with Crippen molar-refractivity contribution in [3.63, 3.8) is 0 Å². The highest BCUT2D eigenvalue weighted by atomic mass is 35.5. The Kier molecular flexibility index (Phi) is 5.81. The van der Waals surface area contributed by atoms with E-state index >= 15 is 0 Å². The Morgan fingerprint density at radius 2 is 1.87 bits per heavy atom. The summed E-state index contributed by atoms with van der Waals surface area (Å²) in [6.45, 7) is 0. The Balaban J connectivity index is 1.76. The highest BCUT2D eigenvalue weighted by Gasteiger charge is 2.17. The monoisotopic (exact) mass is 436 g/mol. The van der Waals surface area contributed by atoms with Crippen LogP contribution in [0.15, 0.2) is 72.1 Å². The Hall–Kier alpha value is -3.19. The van der Waals surface area contributed by atoms with Crippen LogP contribution in [0.1, 0.15) is 10.4 Å². The Morgan fingerprint density at radius 3 is 2.63 bits per heavy atom. The first-order valence-electron chi connectivity index (χ1n) is 9.04. The average molecular weight is 437 g/mol. The van der Waals surface area contributed by atoms with E-state index in [0.717, 1.165) is 27.4 Å². The van der Waals surface area contributed by atoms with E-state index in [0.29, 0.717) is 16.3 Å². The molecule has 30 heavy (non-hydrogen) atoms. The largest absolute Gasteiger partial charge is 0.478 e. The third-order valence-electron chi connectivity index (χ3n) is 4.55. The van der Waals surface area contributed by atoms with E-state index in [1.54, 1.807) is 12.1 Å². The van der Waals surface area contributed by atoms with Crippen molar-refractivity contribution in [1.29, 1.82) is 0 Å². The van der Waals surface area contributed by atoms with Gasteiger partial charge in [0.25, 0.3) is 0 Å². The zero-order valence-electron chi connectivity index (χ0n) is 15.9. The third kappa shape index (κ3) is 4.07. The molecule has 7 heteroatoms. The van der Waals surface area contributed by atoms with Gasteiger partial charge in [0.2, 0.25) is 0 Å². The van der Waals surface area contributed by atoms with Gasteiger partial charge in [-0.25, -0.2) is 9.78 Å². The van der Waals surface area contributed by atoms with Crippen molar-refractivity contribution < 1.29 is 14.7 Å². The number of thiazole rings is 1. The minimum Gasteiger partial charge on any atom is -0.478 e. The van der Waals surface area contributed by atoms with Crippen LogP contribution in [0.5, 0.6) is 0 Å². The van der Waals surface area contributed by atoms with Gasteiger partial charge in [0.15, 0.2) is 0 Å². The molecule has 0 saturated heterocycles. The molecule has 1 heterocycles. The predicted octanol–water partition coefficient (Wildman–Crippen LogP) is 6.47. The van der Waals surface area contributed by atoms with E-state index in [-0.39, 0.29) is 5.56 Å². The van der Waals surface area contributed by atoms with Crippen molar-refractivity contribution in [2.24, 2.45) is 0 Å². The van der Waals surface area contributed by atoms with Crippen LogP contribution in [0.2, 0.25) is 5.02 Å². The number of carboxylic acid groups (broad SMARTS) is 1. The van der Waals surface area contributed by atoms with E-state index in [1.807, 2.05) is 60.0 Å². The van der Waals surface area contributed by atoms with Gasteiger partial charge in [-0.05, 0) is 29.8 Å². The number of benzene rings is 3. The van der Waals surface area contributed by atoms with Crippen LogP contribution in [0, 0.1) is 0 Å². The van der Waals surface area contributed by atoms with Gasteiger partial charge >= 0.3 is 5.97 Å². The van der Waals surface area contributed by atoms with Crippen LogP contribution >= 0.6 is 22.9 Å². The maximum atomic E-state index is 12.0. The van der Waals surface area contributed by atoms with Gasteiger partial charge in [-0.3, -0.25) is 10.3 Å². The summed E-state index contributed by atoms with van der Waals surface area (Å²) in [5.41, 5.74) is 7.47. The summed E-state index contributed by atoms with van der Waals surface area (Å²) in [6, 6.07) is 20.2. The highest BCUT2D eigenvalue weighted by molar-refractivity contribution is 7.13. The Morgan fingerprint density at radius 1 is 1.03 bits per heavy atom. The first-order chi connectivity index (χ1) is 14.6. The van der Waals surface area contributed by atoms with Crippen molar-refractivity contribution in [1.82, 2.24) is 4.98 Å². The number of halogens is 1. The van der Waals surface area contributed by atoms with Crippen LogP contribution in [0.25, 0.3) is 33.0 Å². The zero-order chi connectivity index (χ0) is 21.1. The number of carbonyl (C=O) groups is 1. The molecule has 4 aromatic rings. The van der Waals surface area contributed by atoms with Crippen LogP contribution in [0.3, 0.4) is 0 Å². The van der Waals surface area contributed by atoms with E-state index < -0.39 is 5.97 Å². The van der Waals surface area contributed by atoms with Crippen LogP contribution < -0.4 is 5.48 Å². The Bertz CT molecular complexity index is 1220. The van der Waals surface area contributed by atoms with Crippen molar-refractivity contribution in [2.75, 3.05) is 12.6 Å². The predicted molar refractivity (Wildman–Crippen MR) is 121 cm³/mol. The number of para-hydroxylation sites is 1. The van der Waals surface area contributed by atoms with Crippen LogP contribution in [-0.2, 0) is 4.84 Å². The number of carboxylic acids is 1. The molecule has 4 rings (SSSR count). The van der Waals surface area contributed by atoms with E-state index in [1.165, 1.54) is 18.4 Å². The van der Waals surface area contributed by atoms with E-state index in [2.05, 4.69) is 10.5 Å². The quantitative estimate of drug-likeness (QED) is 0.339. The summed E-state index contributed by atoms with van der Waals surface area (Å²) in [4.78, 5) is 21.7. The fraction of sp³-hybridized carbons (Fsp3) is 0.0435.